The van der Waals surface area contributed by atoms with Crippen molar-refractivity contribution in [3.63, 3.8) is 0 Å². The Morgan fingerprint density at radius 2 is 1.65 bits per heavy atom. The van der Waals surface area contributed by atoms with Gasteiger partial charge >= 0.3 is 12.0 Å². The van der Waals surface area contributed by atoms with Crippen LogP contribution in [-0.2, 0) is 30.2 Å². The molecule has 0 spiro atoms. The van der Waals surface area contributed by atoms with Gasteiger partial charge in [-0.05, 0) is 126 Å². The summed E-state index contributed by atoms with van der Waals surface area (Å²) in [6.45, 7) is 15.7. The van der Waals surface area contributed by atoms with Crippen LogP contribution in [0.3, 0.4) is 0 Å². The third-order valence-corrected chi connectivity index (χ3v) is 11.1. The van der Waals surface area contributed by atoms with E-state index in [0.717, 1.165) is 49.1 Å². The minimum Gasteiger partial charge on any atom is -0.480 e. The number of Topliss-reactive ketones (excluding diaryl/α,β-unsaturated/α-hetero) is 1. The largest absolute Gasteiger partial charge is 0.480 e. The van der Waals surface area contributed by atoms with Gasteiger partial charge in [0.2, 0.25) is 5.90 Å². The van der Waals surface area contributed by atoms with Crippen molar-refractivity contribution in [1.82, 2.24) is 5.32 Å². The maximum Gasteiger partial charge on any atom is 0.346 e. The van der Waals surface area contributed by atoms with Gasteiger partial charge in [0.1, 0.15) is 5.92 Å². The molecule has 3 aliphatic rings. The Kier molecular flexibility index (Phi) is 13.8. The summed E-state index contributed by atoms with van der Waals surface area (Å²) in [6, 6.07) is 13.4. The summed E-state index contributed by atoms with van der Waals surface area (Å²) in [5.74, 6) is -0.482. The summed E-state index contributed by atoms with van der Waals surface area (Å²) in [5.41, 5.74) is 5.48. The van der Waals surface area contributed by atoms with Crippen molar-refractivity contribution in [3.8, 4) is 0 Å². The van der Waals surface area contributed by atoms with Crippen molar-refractivity contribution in [1.29, 1.82) is 0 Å². The van der Waals surface area contributed by atoms with Crippen LogP contribution in [0.1, 0.15) is 127 Å². The molecule has 2 aliphatic heterocycles. The second kappa shape index (κ2) is 18.1. The van der Waals surface area contributed by atoms with E-state index in [4.69, 9.17) is 18.9 Å². The van der Waals surface area contributed by atoms with Crippen LogP contribution < -0.4 is 10.6 Å². The number of hydrogen-bond donors (Lipinski definition) is 2. The van der Waals surface area contributed by atoms with Gasteiger partial charge in [0.05, 0.1) is 31.0 Å². The van der Waals surface area contributed by atoms with Crippen molar-refractivity contribution in [2.45, 2.75) is 137 Å². The minimum absolute atomic E-state index is 0.109. The maximum absolute atomic E-state index is 13.4. The van der Waals surface area contributed by atoms with E-state index in [0.29, 0.717) is 43.5 Å². The van der Waals surface area contributed by atoms with Gasteiger partial charge in [0, 0.05) is 35.9 Å². The molecular formula is C44H61N3O7. The number of carbonyl (C=O) groups is 3. The van der Waals surface area contributed by atoms with Gasteiger partial charge in [-0.3, -0.25) is 10.1 Å². The smallest absolute Gasteiger partial charge is 0.346 e. The molecule has 2 amide bonds. The van der Waals surface area contributed by atoms with Crippen LogP contribution in [0, 0.1) is 18.3 Å². The van der Waals surface area contributed by atoms with Crippen LogP contribution in [0.25, 0.3) is 0 Å². The van der Waals surface area contributed by atoms with Crippen molar-refractivity contribution in [3.05, 3.63) is 70.8 Å². The lowest BCUT2D eigenvalue weighted by Gasteiger charge is -2.35. The Hall–Kier alpha value is -4.02. The lowest BCUT2D eigenvalue weighted by Crippen LogP contribution is -2.52. The zero-order valence-electron chi connectivity index (χ0n) is 33.5. The maximum atomic E-state index is 13.4. The number of para-hydroxylation sites is 1. The van der Waals surface area contributed by atoms with Gasteiger partial charge in [0.25, 0.3) is 0 Å². The van der Waals surface area contributed by atoms with E-state index in [-0.39, 0.29) is 18.3 Å². The first-order chi connectivity index (χ1) is 25.7. The number of nitrogens with zero attached hydrogens (tertiary/aromatic N) is 1. The third kappa shape index (κ3) is 11.7. The molecular weight excluding hydrogens is 682 g/mol. The van der Waals surface area contributed by atoms with E-state index < -0.39 is 35.3 Å². The number of ketones is 1. The molecule has 54 heavy (non-hydrogen) atoms. The molecule has 2 N–H and O–H groups in total. The average molecular weight is 744 g/mol. The molecule has 10 nitrogen and oxygen atoms in total. The molecule has 1 fully saturated rings. The number of rotatable bonds is 21. The number of nitrogens with one attached hydrogen (secondary N) is 2. The summed E-state index contributed by atoms with van der Waals surface area (Å²) in [5, 5.41) is 6.20. The van der Waals surface area contributed by atoms with Crippen LogP contribution in [0.5, 0.6) is 0 Å². The Bertz CT molecular complexity index is 1710. The Labute approximate surface area is 321 Å². The second-order valence-corrected chi connectivity index (χ2v) is 16.7. The van der Waals surface area contributed by atoms with E-state index in [9.17, 15) is 14.4 Å². The molecule has 2 unspecified atom stereocenters. The van der Waals surface area contributed by atoms with E-state index in [1.54, 1.807) is 0 Å². The number of aliphatic imine (C=N–C) groups is 1. The topological polar surface area (TPSA) is 125 Å². The molecule has 2 aromatic rings. The van der Waals surface area contributed by atoms with Gasteiger partial charge < -0.3 is 24.3 Å². The van der Waals surface area contributed by atoms with Crippen molar-refractivity contribution in [2.75, 3.05) is 25.1 Å². The summed E-state index contributed by atoms with van der Waals surface area (Å²) in [6.07, 6.45) is 10.6. The predicted octanol–water partition coefficient (Wildman–Crippen LogP) is 9.56. The molecule has 1 aliphatic carbocycles. The zero-order valence-corrected chi connectivity index (χ0v) is 33.5. The van der Waals surface area contributed by atoms with Gasteiger partial charge in [-0.15, -0.1) is 0 Å². The van der Waals surface area contributed by atoms with Crippen LogP contribution in [0.15, 0.2) is 59.1 Å². The first-order valence-corrected chi connectivity index (χ1v) is 19.9. The predicted molar refractivity (Wildman–Crippen MR) is 212 cm³/mol. The first kappa shape index (κ1) is 41.1. The van der Waals surface area contributed by atoms with E-state index in [2.05, 4.69) is 48.5 Å². The standard InChI is InChI=1S/C44H61N3O7/c1-8-32-30(2)15-13-19-34(32)45-35-18-10-9-17-33(35)36(48)20-14-21-42(3,4)52-27-28-53-43(5,6)25-26-51-39-38-31(16-11-12-22-44(7)23-24-44)29-37(49)54-40(38)47-41(50)46-39/h9-10,13,15,17-19,29,38,40,45H,8,11-12,14,16,20-28H2,1-7H3,(H,47,50). The number of amides is 2. The molecule has 1 saturated carbocycles. The highest BCUT2D eigenvalue weighted by Gasteiger charge is 2.42. The number of aryl methyl sites for hydroxylation is 1. The van der Waals surface area contributed by atoms with Crippen molar-refractivity contribution < 1.29 is 33.3 Å². The van der Waals surface area contributed by atoms with Crippen LogP contribution in [0.2, 0.25) is 0 Å². The van der Waals surface area contributed by atoms with Crippen LogP contribution in [-0.4, -0.2) is 60.9 Å². The number of esters is 1. The number of hydrogen-bond acceptors (Lipinski definition) is 8. The number of urea groups is 1. The number of ether oxygens (including phenoxy) is 4. The molecule has 0 aromatic heterocycles. The first-order valence-electron chi connectivity index (χ1n) is 19.9. The molecule has 0 bridgehead atoms. The van der Waals surface area contributed by atoms with E-state index >= 15 is 0 Å². The van der Waals surface area contributed by atoms with Crippen molar-refractivity contribution >= 4 is 35.1 Å². The Morgan fingerprint density at radius 1 is 0.944 bits per heavy atom. The molecule has 0 saturated heterocycles. The van der Waals surface area contributed by atoms with Crippen LogP contribution in [0.4, 0.5) is 16.2 Å². The number of unbranched alkanes of at least 4 members (excludes halogenated alkanes) is 1. The summed E-state index contributed by atoms with van der Waals surface area (Å²) >= 11 is 0. The second-order valence-electron chi connectivity index (χ2n) is 16.7. The van der Waals surface area contributed by atoms with E-state index in [1.165, 1.54) is 36.5 Å². The summed E-state index contributed by atoms with van der Waals surface area (Å²) in [7, 11) is 0. The zero-order chi connectivity index (χ0) is 38.9. The average Bonchev–Trinajstić information content (AvgIpc) is 3.85. The molecule has 2 aromatic carbocycles. The quantitative estimate of drug-likeness (QED) is 0.0736. The van der Waals surface area contributed by atoms with Gasteiger partial charge in [-0.1, -0.05) is 44.5 Å². The number of benzene rings is 2. The minimum atomic E-state index is -0.813. The molecule has 10 heteroatoms. The molecule has 0 radical (unpaired) electrons. The number of fused-ring (bicyclic) bond motifs is 1. The Morgan fingerprint density at radius 3 is 2.37 bits per heavy atom. The SMILES string of the molecule is CCc1c(C)cccc1Nc1ccccc1C(=O)CCCC(C)(C)OCCOC(C)(C)CCOC1=NC(=O)NC2OC(=O)C=C(CCCCC3(C)CC3)C12. The highest BCUT2D eigenvalue weighted by Crippen LogP contribution is 2.49. The fraction of sp³-hybridized carbons (Fsp3) is 0.591. The summed E-state index contributed by atoms with van der Waals surface area (Å²) in [4.78, 5) is 42.2. The van der Waals surface area contributed by atoms with Gasteiger partial charge in [0.15, 0.2) is 12.0 Å². The van der Waals surface area contributed by atoms with E-state index in [1.807, 2.05) is 58.0 Å². The third-order valence-electron chi connectivity index (χ3n) is 11.1. The highest BCUT2D eigenvalue weighted by molar-refractivity contribution is 6.02. The molecule has 2 atom stereocenters. The Balaban J connectivity index is 1.03. The normalized spacial score (nSPS) is 19.2. The highest BCUT2D eigenvalue weighted by atomic mass is 16.6. The summed E-state index contributed by atoms with van der Waals surface area (Å²) < 4.78 is 24.0. The fourth-order valence-electron chi connectivity index (χ4n) is 7.34. The fourth-order valence-corrected chi connectivity index (χ4v) is 7.34. The number of carbonyl (C=O) groups excluding carboxylic acids is 3. The molecule has 294 valence electrons. The monoisotopic (exact) mass is 743 g/mol. The molecule has 2 heterocycles. The molecule has 5 rings (SSSR count). The van der Waals surface area contributed by atoms with Gasteiger partial charge in [-0.2, -0.15) is 4.99 Å². The lowest BCUT2D eigenvalue weighted by molar-refractivity contribution is -0.147. The number of anilines is 2. The van der Waals surface area contributed by atoms with Crippen molar-refractivity contribution in [2.24, 2.45) is 16.3 Å². The lowest BCUT2D eigenvalue weighted by atomic mass is 9.88. The van der Waals surface area contributed by atoms with Crippen LogP contribution >= 0.6 is 0 Å². The van der Waals surface area contributed by atoms with Gasteiger partial charge in [-0.25, -0.2) is 9.59 Å².